The van der Waals surface area contributed by atoms with E-state index in [1.54, 1.807) is 37.3 Å². The van der Waals surface area contributed by atoms with Crippen molar-refractivity contribution in [1.82, 2.24) is 4.98 Å². The van der Waals surface area contributed by atoms with E-state index < -0.39 is 16.0 Å². The fraction of sp³-hybridized carbons (Fsp3) is 0.238. The van der Waals surface area contributed by atoms with E-state index in [4.69, 9.17) is 13.9 Å². The second kappa shape index (κ2) is 8.66. The summed E-state index contributed by atoms with van der Waals surface area (Å²) in [6.45, 7) is 2.52. The number of nitrogens with one attached hydrogen (secondary N) is 1. The summed E-state index contributed by atoms with van der Waals surface area (Å²) in [7, 11) is -1.52. The quantitative estimate of drug-likeness (QED) is 0.643. The van der Waals surface area contributed by atoms with Gasteiger partial charge in [0.25, 0.3) is 0 Å². The van der Waals surface area contributed by atoms with Crippen molar-refractivity contribution in [2.75, 3.05) is 18.5 Å². The summed E-state index contributed by atoms with van der Waals surface area (Å²) in [6, 6.07) is 10.8. The Kier molecular flexibility index (Phi) is 5.80. The molecule has 0 radical (unpaired) electrons. The lowest BCUT2D eigenvalue weighted by Gasteiger charge is -2.19. The van der Waals surface area contributed by atoms with Crippen molar-refractivity contribution in [3.05, 3.63) is 60.2 Å². The van der Waals surface area contributed by atoms with Gasteiger partial charge < -0.3 is 19.2 Å². The molecular formula is C21H19FN2O5S. The lowest BCUT2D eigenvalue weighted by atomic mass is 10.2. The zero-order valence-electron chi connectivity index (χ0n) is 16.1. The average molecular weight is 430 g/mol. The average Bonchev–Trinajstić information content (AvgIpc) is 3.22. The first-order chi connectivity index (χ1) is 14.5. The Morgan fingerprint density at radius 1 is 1.17 bits per heavy atom. The Bertz CT molecular complexity index is 1080. The van der Waals surface area contributed by atoms with Gasteiger partial charge >= 0.3 is 0 Å². The van der Waals surface area contributed by atoms with E-state index in [-0.39, 0.29) is 17.5 Å². The standard InChI is InChI=1S/C21H19FN2O5S/c1-13(20(25)23-16-6-7-18-19(10-16)28-9-8-27-18)30(26)12-17-11-29-21(24-17)14-2-4-15(22)5-3-14/h2-7,10-11,13H,8-9,12H2,1H3,(H,23,25). The van der Waals surface area contributed by atoms with Crippen LogP contribution >= 0.6 is 0 Å². The van der Waals surface area contributed by atoms with Crippen molar-refractivity contribution in [2.24, 2.45) is 0 Å². The van der Waals surface area contributed by atoms with Crippen LogP contribution in [0.25, 0.3) is 11.5 Å². The van der Waals surface area contributed by atoms with Crippen LogP contribution < -0.4 is 14.8 Å². The molecule has 1 aliphatic rings. The molecule has 1 aromatic heterocycles. The van der Waals surface area contributed by atoms with Crippen LogP contribution in [0.2, 0.25) is 0 Å². The van der Waals surface area contributed by atoms with Gasteiger partial charge in [-0.1, -0.05) is 0 Å². The molecule has 0 saturated carbocycles. The molecule has 2 unspecified atom stereocenters. The maximum atomic E-state index is 13.0. The number of aromatic nitrogens is 1. The largest absolute Gasteiger partial charge is 0.486 e. The van der Waals surface area contributed by atoms with Crippen molar-refractivity contribution in [3.63, 3.8) is 0 Å². The van der Waals surface area contributed by atoms with Crippen LogP contribution in [0.5, 0.6) is 11.5 Å². The molecule has 2 atom stereocenters. The molecule has 0 spiro atoms. The van der Waals surface area contributed by atoms with Gasteiger partial charge in [-0.25, -0.2) is 9.37 Å². The molecule has 1 aliphatic heterocycles. The van der Waals surface area contributed by atoms with E-state index in [1.165, 1.54) is 18.4 Å². The summed E-state index contributed by atoms with van der Waals surface area (Å²) in [5.74, 6) is 0.801. The molecular weight excluding hydrogens is 411 g/mol. The minimum atomic E-state index is -1.52. The first-order valence-electron chi connectivity index (χ1n) is 9.27. The summed E-state index contributed by atoms with van der Waals surface area (Å²) in [6.07, 6.45) is 1.39. The second-order valence-corrected chi connectivity index (χ2v) is 8.42. The van der Waals surface area contributed by atoms with Gasteiger partial charge in [0.05, 0.1) is 11.4 Å². The van der Waals surface area contributed by atoms with Crippen molar-refractivity contribution < 1.29 is 27.3 Å². The van der Waals surface area contributed by atoms with E-state index in [9.17, 15) is 13.4 Å². The number of carbonyl (C=O) groups is 1. The number of hydrogen-bond donors (Lipinski definition) is 1. The lowest BCUT2D eigenvalue weighted by molar-refractivity contribution is -0.115. The van der Waals surface area contributed by atoms with Crippen molar-refractivity contribution >= 4 is 22.4 Å². The van der Waals surface area contributed by atoms with E-state index in [0.717, 1.165) is 0 Å². The summed E-state index contributed by atoms with van der Waals surface area (Å²) in [5.41, 5.74) is 1.60. The fourth-order valence-corrected chi connectivity index (χ4v) is 3.83. The van der Waals surface area contributed by atoms with Gasteiger partial charge in [-0.05, 0) is 43.3 Å². The Morgan fingerprint density at radius 2 is 1.90 bits per heavy atom. The topological polar surface area (TPSA) is 90.7 Å². The molecule has 0 bridgehead atoms. The number of fused-ring (bicyclic) bond motifs is 1. The Morgan fingerprint density at radius 3 is 2.67 bits per heavy atom. The third kappa shape index (κ3) is 4.51. The van der Waals surface area contributed by atoms with Crippen molar-refractivity contribution in [3.8, 4) is 23.0 Å². The van der Waals surface area contributed by atoms with Gasteiger partial charge in [0.15, 0.2) is 11.5 Å². The number of ether oxygens (including phenoxy) is 2. The SMILES string of the molecule is CC(C(=O)Nc1ccc2c(c1)OCCO2)S(=O)Cc1coc(-c2ccc(F)cc2)n1. The third-order valence-electron chi connectivity index (χ3n) is 4.51. The first kappa shape index (κ1) is 20.1. The molecule has 1 N–H and O–H groups in total. The van der Waals surface area contributed by atoms with Crippen LogP contribution in [-0.4, -0.2) is 33.6 Å². The monoisotopic (exact) mass is 430 g/mol. The Balaban J connectivity index is 1.37. The summed E-state index contributed by atoms with van der Waals surface area (Å²) < 4.78 is 42.0. The summed E-state index contributed by atoms with van der Waals surface area (Å²) >= 11 is 0. The van der Waals surface area contributed by atoms with Crippen LogP contribution in [0.15, 0.2) is 53.1 Å². The molecule has 9 heteroatoms. The molecule has 2 aromatic carbocycles. The van der Waals surface area contributed by atoms with E-state index >= 15 is 0 Å². The Hall–Kier alpha value is -3.20. The van der Waals surface area contributed by atoms with Crippen molar-refractivity contribution in [2.45, 2.75) is 17.9 Å². The zero-order valence-corrected chi connectivity index (χ0v) is 16.9. The molecule has 156 valence electrons. The minimum Gasteiger partial charge on any atom is -0.486 e. The zero-order chi connectivity index (χ0) is 21.1. The van der Waals surface area contributed by atoms with Gasteiger partial charge in [-0.15, -0.1) is 0 Å². The highest BCUT2D eigenvalue weighted by Crippen LogP contribution is 2.32. The van der Waals surface area contributed by atoms with Gasteiger partial charge in [-0.3, -0.25) is 9.00 Å². The highest BCUT2D eigenvalue weighted by Gasteiger charge is 2.22. The summed E-state index contributed by atoms with van der Waals surface area (Å²) in [4.78, 5) is 16.8. The Labute approximate surface area is 174 Å². The number of carbonyl (C=O) groups excluding carboxylic acids is 1. The smallest absolute Gasteiger partial charge is 0.239 e. The van der Waals surface area contributed by atoms with E-state index in [2.05, 4.69) is 10.3 Å². The molecule has 0 aliphatic carbocycles. The number of amides is 1. The summed E-state index contributed by atoms with van der Waals surface area (Å²) in [5, 5.41) is 1.97. The van der Waals surface area contributed by atoms with Crippen LogP contribution in [0.1, 0.15) is 12.6 Å². The third-order valence-corrected chi connectivity index (χ3v) is 6.09. The highest BCUT2D eigenvalue weighted by molar-refractivity contribution is 7.85. The molecule has 0 fully saturated rings. The molecule has 3 aromatic rings. The minimum absolute atomic E-state index is 0.0560. The molecule has 4 rings (SSSR count). The number of anilines is 1. The van der Waals surface area contributed by atoms with Crippen LogP contribution in [0.3, 0.4) is 0 Å². The molecule has 30 heavy (non-hydrogen) atoms. The van der Waals surface area contributed by atoms with Gasteiger partial charge in [0.1, 0.15) is 30.5 Å². The van der Waals surface area contributed by atoms with Crippen LogP contribution in [0.4, 0.5) is 10.1 Å². The highest BCUT2D eigenvalue weighted by atomic mass is 32.2. The molecule has 0 saturated heterocycles. The molecule has 2 heterocycles. The number of nitrogens with zero attached hydrogens (tertiary/aromatic N) is 1. The normalized spacial score (nSPS) is 14.7. The van der Waals surface area contributed by atoms with Crippen molar-refractivity contribution in [1.29, 1.82) is 0 Å². The maximum absolute atomic E-state index is 13.0. The number of hydrogen-bond acceptors (Lipinski definition) is 6. The van der Waals surface area contributed by atoms with E-state index in [1.807, 2.05) is 0 Å². The van der Waals surface area contributed by atoms with E-state index in [0.29, 0.717) is 47.5 Å². The molecule has 1 amide bonds. The van der Waals surface area contributed by atoms with Crippen LogP contribution in [0, 0.1) is 5.82 Å². The van der Waals surface area contributed by atoms with Gasteiger partial charge in [-0.2, -0.15) is 0 Å². The van der Waals surface area contributed by atoms with Gasteiger partial charge in [0.2, 0.25) is 11.8 Å². The maximum Gasteiger partial charge on any atom is 0.239 e. The second-order valence-electron chi connectivity index (χ2n) is 6.67. The predicted molar refractivity (Wildman–Crippen MR) is 109 cm³/mol. The number of rotatable bonds is 6. The number of benzene rings is 2. The van der Waals surface area contributed by atoms with Crippen LogP contribution in [-0.2, 0) is 21.3 Å². The number of oxazole rings is 1. The molecule has 7 nitrogen and oxygen atoms in total. The predicted octanol–water partition coefficient (Wildman–Crippen LogP) is 3.53. The first-order valence-corrected chi connectivity index (χ1v) is 10.7. The van der Waals surface area contributed by atoms with Gasteiger partial charge in [0, 0.05) is 28.1 Å². The number of halogens is 1. The lowest BCUT2D eigenvalue weighted by Crippen LogP contribution is -2.29. The fourth-order valence-electron chi connectivity index (χ4n) is 2.85.